The van der Waals surface area contributed by atoms with E-state index in [1.165, 1.54) is 12.3 Å². The third kappa shape index (κ3) is 2.74. The van der Waals surface area contributed by atoms with Gasteiger partial charge in [-0.1, -0.05) is 0 Å². The number of pyridine rings is 1. The van der Waals surface area contributed by atoms with Crippen molar-refractivity contribution in [2.45, 2.75) is 4.90 Å². The summed E-state index contributed by atoms with van der Waals surface area (Å²) in [5.74, 6) is -1.02. The number of nitrogens with one attached hydrogen (secondary N) is 1. The normalized spacial score (nSPS) is 11.2. The van der Waals surface area contributed by atoms with Crippen LogP contribution in [-0.4, -0.2) is 18.5 Å². The first kappa shape index (κ1) is 13.1. The van der Waals surface area contributed by atoms with Gasteiger partial charge in [0, 0.05) is 6.20 Å². The summed E-state index contributed by atoms with van der Waals surface area (Å²) in [7, 11) is -3.98. The topological polar surface area (TPSA) is 105 Å². The summed E-state index contributed by atoms with van der Waals surface area (Å²) in [4.78, 5) is 3.33. The van der Waals surface area contributed by atoms with Crippen LogP contribution in [0.4, 0.5) is 15.8 Å². The first-order valence-electron chi connectivity index (χ1n) is 5.11. The number of nitrogens with two attached hydrogens (primary N) is 1. The van der Waals surface area contributed by atoms with Crippen LogP contribution in [-0.2, 0) is 10.0 Å². The fourth-order valence-electron chi connectivity index (χ4n) is 1.36. The molecule has 0 atom stereocenters. The van der Waals surface area contributed by atoms with Crippen molar-refractivity contribution < 1.29 is 17.9 Å². The number of benzene rings is 1. The lowest BCUT2D eigenvalue weighted by molar-refractivity contribution is 0.477. The molecule has 19 heavy (non-hydrogen) atoms. The summed E-state index contributed by atoms with van der Waals surface area (Å²) in [6.07, 6.45) is 2.15. The van der Waals surface area contributed by atoms with E-state index in [0.29, 0.717) is 0 Å². The Hall–Kier alpha value is -2.35. The molecule has 100 valence electrons. The molecule has 6 nitrogen and oxygen atoms in total. The second kappa shape index (κ2) is 4.73. The lowest BCUT2D eigenvalue weighted by Crippen LogP contribution is -2.14. The molecule has 0 aliphatic carbocycles. The summed E-state index contributed by atoms with van der Waals surface area (Å²) in [6, 6.07) is 4.58. The molecule has 0 bridgehead atoms. The van der Waals surface area contributed by atoms with Gasteiger partial charge >= 0.3 is 0 Å². The van der Waals surface area contributed by atoms with Gasteiger partial charge in [0.25, 0.3) is 10.0 Å². The lowest BCUT2D eigenvalue weighted by atomic mass is 10.3. The maximum absolute atomic E-state index is 13.3. The Morgan fingerprint density at radius 1 is 1.32 bits per heavy atom. The molecule has 8 heteroatoms. The van der Waals surface area contributed by atoms with Crippen molar-refractivity contribution in [2.75, 3.05) is 10.5 Å². The Morgan fingerprint density at radius 2 is 2.05 bits per heavy atom. The number of hydrogen-bond acceptors (Lipinski definition) is 5. The summed E-state index contributed by atoms with van der Waals surface area (Å²) >= 11 is 0. The minimum atomic E-state index is -3.98. The lowest BCUT2D eigenvalue weighted by Gasteiger charge is -2.09. The zero-order chi connectivity index (χ0) is 14.0. The number of aromatic nitrogens is 1. The fraction of sp³-hybridized carbons (Fsp3) is 0. The monoisotopic (exact) mass is 283 g/mol. The first-order valence-corrected chi connectivity index (χ1v) is 6.59. The quantitative estimate of drug-likeness (QED) is 0.582. The molecular weight excluding hydrogens is 273 g/mol. The van der Waals surface area contributed by atoms with Gasteiger partial charge in [0.1, 0.15) is 5.75 Å². The van der Waals surface area contributed by atoms with Crippen molar-refractivity contribution in [2.24, 2.45) is 0 Å². The van der Waals surface area contributed by atoms with Gasteiger partial charge in [-0.05, 0) is 24.3 Å². The molecule has 1 aromatic heterocycles. The molecule has 0 amide bonds. The molecule has 0 aliphatic rings. The summed E-state index contributed by atoms with van der Waals surface area (Å²) in [5, 5.41) is 9.23. The molecule has 0 aliphatic heterocycles. The number of phenolic OH excluding ortho intramolecular Hbond substituents is 1. The predicted octanol–water partition coefficient (Wildman–Crippen LogP) is 1.31. The molecule has 0 spiro atoms. The Morgan fingerprint density at radius 3 is 2.68 bits per heavy atom. The van der Waals surface area contributed by atoms with E-state index in [9.17, 15) is 17.9 Å². The van der Waals surface area contributed by atoms with Crippen LogP contribution in [0.3, 0.4) is 0 Å². The second-order valence-electron chi connectivity index (χ2n) is 3.68. The average molecular weight is 283 g/mol. The van der Waals surface area contributed by atoms with Crippen LogP contribution in [0.1, 0.15) is 0 Å². The smallest absolute Gasteiger partial charge is 0.262 e. The number of nitrogens with zero attached hydrogens (tertiary/aromatic N) is 1. The van der Waals surface area contributed by atoms with E-state index in [1.807, 2.05) is 0 Å². The van der Waals surface area contributed by atoms with Crippen LogP contribution in [0.2, 0.25) is 0 Å². The maximum atomic E-state index is 13.3. The Balaban J connectivity index is 2.38. The van der Waals surface area contributed by atoms with Crippen molar-refractivity contribution in [1.29, 1.82) is 0 Å². The number of hydrogen-bond donors (Lipinski definition) is 3. The van der Waals surface area contributed by atoms with Gasteiger partial charge in [-0.15, -0.1) is 0 Å². The molecule has 1 aromatic carbocycles. The number of halogens is 1. The van der Waals surface area contributed by atoms with Gasteiger partial charge in [-0.2, -0.15) is 0 Å². The minimum Gasteiger partial charge on any atom is -0.506 e. The van der Waals surface area contributed by atoms with Gasteiger partial charge in [-0.25, -0.2) is 12.8 Å². The average Bonchev–Trinajstić information content (AvgIpc) is 2.35. The Labute approximate surface area is 108 Å². The molecule has 2 rings (SSSR count). The van der Waals surface area contributed by atoms with E-state index in [0.717, 1.165) is 24.4 Å². The molecule has 1 heterocycles. The molecule has 0 radical (unpaired) electrons. The van der Waals surface area contributed by atoms with Crippen molar-refractivity contribution in [1.82, 2.24) is 4.98 Å². The molecule has 2 aromatic rings. The minimum absolute atomic E-state index is 0.0851. The highest BCUT2D eigenvalue weighted by Crippen LogP contribution is 2.25. The van der Waals surface area contributed by atoms with E-state index in [1.54, 1.807) is 0 Å². The fourth-order valence-corrected chi connectivity index (χ4v) is 2.46. The number of phenols is 1. The van der Waals surface area contributed by atoms with Crippen molar-refractivity contribution in [3.8, 4) is 5.75 Å². The van der Waals surface area contributed by atoms with Gasteiger partial charge in [0.15, 0.2) is 5.82 Å². The van der Waals surface area contributed by atoms with Gasteiger partial charge < -0.3 is 10.8 Å². The molecule has 0 fully saturated rings. The van der Waals surface area contributed by atoms with Crippen LogP contribution in [0.25, 0.3) is 0 Å². The molecule has 0 saturated heterocycles. The van der Waals surface area contributed by atoms with Crippen molar-refractivity contribution in [3.05, 3.63) is 42.5 Å². The van der Waals surface area contributed by atoms with Crippen LogP contribution >= 0.6 is 0 Å². The van der Waals surface area contributed by atoms with E-state index in [-0.39, 0.29) is 22.0 Å². The third-order valence-corrected chi connectivity index (χ3v) is 3.69. The summed E-state index contributed by atoms with van der Waals surface area (Å²) < 4.78 is 39.4. The summed E-state index contributed by atoms with van der Waals surface area (Å²) in [5.41, 5.74) is 5.11. The molecule has 0 unspecified atom stereocenters. The van der Waals surface area contributed by atoms with E-state index < -0.39 is 15.8 Å². The van der Waals surface area contributed by atoms with E-state index in [2.05, 4.69) is 9.71 Å². The second-order valence-corrected chi connectivity index (χ2v) is 5.36. The predicted molar refractivity (Wildman–Crippen MR) is 67.5 cm³/mol. The van der Waals surface area contributed by atoms with Gasteiger partial charge in [-0.3, -0.25) is 9.71 Å². The first-order chi connectivity index (χ1) is 8.90. The molecule has 4 N–H and O–H groups in total. The summed E-state index contributed by atoms with van der Waals surface area (Å²) in [6.45, 7) is 0. The molecule has 0 saturated carbocycles. The van der Waals surface area contributed by atoms with Crippen molar-refractivity contribution in [3.63, 3.8) is 0 Å². The van der Waals surface area contributed by atoms with Crippen LogP contribution in [0.15, 0.2) is 41.6 Å². The van der Waals surface area contributed by atoms with Crippen LogP contribution in [0, 0.1) is 5.82 Å². The number of aromatic hydroxyl groups is 1. The zero-order valence-electron chi connectivity index (χ0n) is 9.54. The van der Waals surface area contributed by atoms with Crippen molar-refractivity contribution >= 4 is 21.4 Å². The maximum Gasteiger partial charge on any atom is 0.262 e. The Kier molecular flexibility index (Phi) is 3.26. The van der Waals surface area contributed by atoms with Gasteiger partial charge in [0.05, 0.1) is 22.5 Å². The number of rotatable bonds is 3. The largest absolute Gasteiger partial charge is 0.506 e. The Bertz CT molecular complexity index is 719. The molecular formula is C11H10FN3O3S. The standard InChI is InChI=1S/C11H10FN3O3S/c12-8-6-14-4-3-10(8)15-19(17,18)7-1-2-11(16)9(13)5-7/h1-6,16H,13H2,(H,14,15). The van der Waals surface area contributed by atoms with E-state index >= 15 is 0 Å². The number of anilines is 2. The van der Waals surface area contributed by atoms with Crippen LogP contribution in [0.5, 0.6) is 5.75 Å². The number of nitrogen functional groups attached to an aromatic ring is 1. The van der Waals surface area contributed by atoms with Crippen LogP contribution < -0.4 is 10.5 Å². The van der Waals surface area contributed by atoms with E-state index in [4.69, 9.17) is 5.73 Å². The SMILES string of the molecule is Nc1cc(S(=O)(=O)Nc2ccncc2F)ccc1O. The highest BCUT2D eigenvalue weighted by Gasteiger charge is 2.17. The highest BCUT2D eigenvalue weighted by atomic mass is 32.2. The number of sulfonamides is 1. The third-order valence-electron chi connectivity index (χ3n) is 2.33. The zero-order valence-corrected chi connectivity index (χ0v) is 10.4. The van der Waals surface area contributed by atoms with Gasteiger partial charge in [0.2, 0.25) is 0 Å². The highest BCUT2D eigenvalue weighted by molar-refractivity contribution is 7.92.